The largest absolute Gasteiger partial charge is 0.491 e. The lowest BCUT2D eigenvalue weighted by atomic mass is 9.90. The summed E-state index contributed by atoms with van der Waals surface area (Å²) in [5.74, 6) is -0.607. The predicted molar refractivity (Wildman–Crippen MR) is 207 cm³/mol. The van der Waals surface area contributed by atoms with Crippen LogP contribution in [0.3, 0.4) is 0 Å². The van der Waals surface area contributed by atoms with E-state index in [4.69, 9.17) is 29.0 Å². The van der Waals surface area contributed by atoms with Crippen molar-refractivity contribution < 1.29 is 47.3 Å². The monoisotopic (exact) mass is 814 g/mol. The molecule has 1 saturated heterocycles. The summed E-state index contributed by atoms with van der Waals surface area (Å²) in [4.78, 5) is 14.7. The number of nitrogens with zero attached hydrogens (tertiary/aromatic N) is 5. The Morgan fingerprint density at radius 2 is 1.61 bits per heavy atom. The molecule has 312 valence electrons. The molecule has 2 fully saturated rings. The van der Waals surface area contributed by atoms with E-state index < -0.39 is 49.3 Å². The molecule has 0 amide bonds. The molecule has 0 bridgehead atoms. The number of phosphoric ester groups is 1. The molecular formula is C40H56FN6O9P. The average molecular weight is 815 g/mol. The molecule has 1 aliphatic heterocycles. The first-order valence-corrected chi connectivity index (χ1v) is 21.7. The van der Waals surface area contributed by atoms with Crippen LogP contribution in [0.25, 0.3) is 5.52 Å². The van der Waals surface area contributed by atoms with E-state index in [1.165, 1.54) is 99.8 Å². The van der Waals surface area contributed by atoms with Crippen molar-refractivity contribution in [2.24, 2.45) is 0 Å². The van der Waals surface area contributed by atoms with Crippen LogP contribution in [0.1, 0.15) is 121 Å². The normalized spacial score (nSPS) is 24.1. The fourth-order valence-corrected chi connectivity index (χ4v) is 8.55. The van der Waals surface area contributed by atoms with Crippen LogP contribution in [0.4, 0.5) is 10.2 Å². The third-order valence-corrected chi connectivity index (χ3v) is 11.7. The summed E-state index contributed by atoms with van der Waals surface area (Å²) in [6.07, 6.45) is 14.8. The lowest BCUT2D eigenvalue weighted by molar-refractivity contribution is -0.107. The minimum absolute atomic E-state index is 0.00743. The van der Waals surface area contributed by atoms with Crippen LogP contribution < -0.4 is 10.5 Å². The minimum atomic E-state index is -5.02. The van der Waals surface area contributed by atoms with Gasteiger partial charge in [0.05, 0.1) is 23.9 Å². The second-order valence-electron chi connectivity index (χ2n) is 15.0. The number of aliphatic hydroxyl groups excluding tert-OH is 1. The number of hydrogen-bond acceptors (Lipinski definition) is 13. The van der Waals surface area contributed by atoms with Crippen molar-refractivity contribution in [3.8, 4) is 17.9 Å². The number of benzene rings is 1. The molecule has 3 heterocycles. The first-order valence-electron chi connectivity index (χ1n) is 20.2. The molecule has 1 aliphatic carbocycles. The maximum Gasteiger partial charge on any atom is 0.473 e. The van der Waals surface area contributed by atoms with Gasteiger partial charge in [0.25, 0.3) is 0 Å². The van der Waals surface area contributed by atoms with Gasteiger partial charge in [0.2, 0.25) is 5.60 Å². The Morgan fingerprint density at radius 3 is 2.19 bits per heavy atom. The topological polar surface area (TPSA) is 228 Å². The molecule has 1 saturated carbocycles. The standard InChI is InChI=1S/C40H56FN6O9P/c1-2-3-4-5-6-7-8-9-10-11-12-13-14-15-16-17-20-52-25-32(26-53-31-22-29(24-42)21-30(41)23-31)55-57(50,51)56-36-35-40(36,49)38(48)39(27-43,54-35)34-19-18-33-37(44)45-28-46-47(33)34/h18-19,21-23,28,32,35-36,38,48-49H,2-17,20,25-26H2,1H3,(H,50,51)(H2,44,45,46)/t32-,35-,36?,38+,39+,40+/m1/s1. The summed E-state index contributed by atoms with van der Waals surface area (Å²) >= 11 is 0. The van der Waals surface area contributed by atoms with Crippen LogP contribution in [-0.4, -0.2) is 79.5 Å². The van der Waals surface area contributed by atoms with Gasteiger partial charge in [0.15, 0.2) is 11.4 Å². The van der Waals surface area contributed by atoms with Crippen molar-refractivity contribution >= 4 is 19.2 Å². The van der Waals surface area contributed by atoms with Gasteiger partial charge in [0, 0.05) is 12.7 Å². The zero-order valence-electron chi connectivity index (χ0n) is 32.6. The molecule has 2 unspecified atom stereocenters. The average Bonchev–Trinajstić information content (AvgIpc) is 3.43. The van der Waals surface area contributed by atoms with E-state index in [2.05, 4.69) is 17.0 Å². The van der Waals surface area contributed by atoms with Crippen LogP contribution in [0.15, 0.2) is 36.7 Å². The van der Waals surface area contributed by atoms with Gasteiger partial charge < -0.3 is 35.1 Å². The molecule has 1 aromatic carbocycles. The zero-order valence-corrected chi connectivity index (χ0v) is 33.5. The van der Waals surface area contributed by atoms with Gasteiger partial charge in [-0.05, 0) is 30.7 Å². The van der Waals surface area contributed by atoms with E-state index in [0.29, 0.717) is 12.1 Å². The van der Waals surface area contributed by atoms with Gasteiger partial charge in [0.1, 0.15) is 60.5 Å². The molecule has 0 spiro atoms. The number of halogens is 1. The number of aliphatic hydroxyl groups is 2. The molecular weight excluding hydrogens is 758 g/mol. The summed E-state index contributed by atoms with van der Waals surface area (Å²) in [6.45, 7) is 2.01. The Kier molecular flexibility index (Phi) is 16.2. The number of aromatic nitrogens is 3. The lowest BCUT2D eigenvalue weighted by Gasteiger charge is -2.30. The first kappa shape index (κ1) is 44.4. The van der Waals surface area contributed by atoms with E-state index in [1.807, 2.05) is 12.1 Å². The van der Waals surface area contributed by atoms with E-state index >= 15 is 0 Å². The quantitative estimate of drug-likeness (QED) is 0.0460. The van der Waals surface area contributed by atoms with Crippen molar-refractivity contribution in [3.05, 3.63) is 53.7 Å². The van der Waals surface area contributed by atoms with Crippen LogP contribution >= 0.6 is 7.82 Å². The highest BCUT2D eigenvalue weighted by Gasteiger charge is 2.83. The van der Waals surface area contributed by atoms with Gasteiger partial charge in [-0.15, -0.1) is 0 Å². The van der Waals surface area contributed by atoms with Crippen molar-refractivity contribution in [3.63, 3.8) is 0 Å². The maximum absolute atomic E-state index is 14.1. The molecule has 2 aliphatic rings. The molecule has 2 aromatic heterocycles. The summed E-state index contributed by atoms with van der Waals surface area (Å²) in [7, 11) is -5.02. The van der Waals surface area contributed by atoms with Crippen LogP contribution in [0.5, 0.6) is 5.75 Å². The molecule has 0 radical (unpaired) electrons. The highest BCUT2D eigenvalue weighted by atomic mass is 31.2. The van der Waals surface area contributed by atoms with Gasteiger partial charge in [-0.3, -0.25) is 9.05 Å². The highest BCUT2D eigenvalue weighted by Crippen LogP contribution is 2.63. The zero-order chi connectivity index (χ0) is 40.9. The molecule has 15 nitrogen and oxygen atoms in total. The highest BCUT2D eigenvalue weighted by molar-refractivity contribution is 7.47. The number of fused-ring (bicyclic) bond motifs is 2. The Bertz CT molecular complexity index is 1890. The molecule has 3 aromatic rings. The predicted octanol–water partition coefficient (Wildman–Crippen LogP) is 6.77. The Balaban J connectivity index is 1.07. The second-order valence-corrected chi connectivity index (χ2v) is 16.4. The number of rotatable bonds is 27. The van der Waals surface area contributed by atoms with Crippen molar-refractivity contribution in [2.45, 2.75) is 145 Å². The van der Waals surface area contributed by atoms with Gasteiger partial charge >= 0.3 is 7.82 Å². The third-order valence-electron chi connectivity index (χ3n) is 10.7. The summed E-state index contributed by atoms with van der Waals surface area (Å²) in [6, 6.07) is 10.1. The lowest BCUT2D eigenvalue weighted by Crippen LogP contribution is -2.47. The number of hydrogen-bond donors (Lipinski definition) is 4. The molecule has 17 heteroatoms. The number of nitrogen functional groups attached to an aromatic ring is 1. The molecule has 5 rings (SSSR count). The van der Waals surface area contributed by atoms with E-state index in [-0.39, 0.29) is 36.0 Å². The van der Waals surface area contributed by atoms with Crippen LogP contribution in [-0.2, 0) is 28.7 Å². The van der Waals surface area contributed by atoms with Crippen LogP contribution in [0.2, 0.25) is 0 Å². The molecule has 5 N–H and O–H groups in total. The number of unbranched alkanes of at least 4 members (excludes halogenated alkanes) is 15. The summed E-state index contributed by atoms with van der Waals surface area (Å²) in [5.41, 5.74) is 1.92. The van der Waals surface area contributed by atoms with Crippen molar-refractivity contribution in [1.29, 1.82) is 10.5 Å². The Morgan fingerprint density at radius 1 is 0.982 bits per heavy atom. The van der Waals surface area contributed by atoms with E-state index in [1.54, 1.807) is 0 Å². The summed E-state index contributed by atoms with van der Waals surface area (Å²) in [5, 5.41) is 46.1. The fraction of sp³-hybridized carbons (Fsp3) is 0.650. The van der Waals surface area contributed by atoms with E-state index in [9.17, 15) is 34.6 Å². The Hall–Kier alpha value is -3.70. The maximum atomic E-state index is 14.1. The minimum Gasteiger partial charge on any atom is -0.491 e. The number of nitriles is 2. The van der Waals surface area contributed by atoms with Gasteiger partial charge in [-0.1, -0.05) is 103 Å². The van der Waals surface area contributed by atoms with Crippen LogP contribution in [0, 0.1) is 28.5 Å². The first-order chi connectivity index (χ1) is 27.5. The van der Waals surface area contributed by atoms with E-state index in [0.717, 1.165) is 44.1 Å². The van der Waals surface area contributed by atoms with Crippen molar-refractivity contribution in [2.75, 3.05) is 25.6 Å². The number of anilines is 1. The smallest absolute Gasteiger partial charge is 0.473 e. The van der Waals surface area contributed by atoms with Crippen molar-refractivity contribution in [1.82, 2.24) is 14.6 Å². The number of phosphoric acid groups is 1. The second kappa shape index (κ2) is 20.8. The van der Waals surface area contributed by atoms with Gasteiger partial charge in [-0.2, -0.15) is 15.6 Å². The summed E-state index contributed by atoms with van der Waals surface area (Å²) < 4.78 is 56.6. The SMILES string of the molecule is CCCCCCCCCCCCCCCCCCOC[C@H](COc1cc(F)cc(C#N)c1)OP(=O)(O)OC1[C@H]2O[C@@](C#N)(c3ccc4c(N)ncnn34)[C@H](O)[C@@]12O. The Labute approximate surface area is 333 Å². The number of ether oxygens (including phenoxy) is 3. The molecule has 57 heavy (non-hydrogen) atoms. The molecule has 7 atom stereocenters. The third kappa shape index (κ3) is 11.3. The van der Waals surface area contributed by atoms with Gasteiger partial charge in [-0.25, -0.2) is 18.5 Å². The number of nitrogens with two attached hydrogens (primary N) is 1. The fourth-order valence-electron chi connectivity index (χ4n) is 7.44.